The zero-order valence-corrected chi connectivity index (χ0v) is 16.4. The van der Waals surface area contributed by atoms with E-state index in [1.54, 1.807) is 0 Å². The van der Waals surface area contributed by atoms with Crippen LogP contribution in [0.3, 0.4) is 0 Å². The molecule has 7 heteroatoms. The predicted molar refractivity (Wildman–Crippen MR) is 98.2 cm³/mol. The lowest BCUT2D eigenvalue weighted by atomic mass is 9.86. The van der Waals surface area contributed by atoms with E-state index in [9.17, 15) is 8.42 Å². The quantitative estimate of drug-likeness (QED) is 0.423. The fraction of sp³-hybridized carbons (Fsp3) is 0.929. The second-order valence-electron chi connectivity index (χ2n) is 6.49. The summed E-state index contributed by atoms with van der Waals surface area (Å²) in [6, 6.07) is 0. The molecule has 5 nitrogen and oxygen atoms in total. The molecular weight excluding hydrogens is 401 g/mol. The van der Waals surface area contributed by atoms with E-state index in [1.165, 1.54) is 19.3 Å². The molecule has 2 aliphatic rings. The van der Waals surface area contributed by atoms with Crippen molar-refractivity contribution in [3.05, 3.63) is 0 Å². The number of nitrogens with one attached hydrogen (secondary N) is 1. The lowest BCUT2D eigenvalue weighted by Crippen LogP contribution is -2.57. The Morgan fingerprint density at radius 2 is 2.05 bits per heavy atom. The molecule has 1 heterocycles. The Bertz CT molecular complexity index is 473. The lowest BCUT2D eigenvalue weighted by molar-refractivity contribution is 0.319. The monoisotopic (exact) mass is 429 g/mol. The van der Waals surface area contributed by atoms with Gasteiger partial charge in [-0.05, 0) is 39.5 Å². The van der Waals surface area contributed by atoms with Crippen LogP contribution >= 0.6 is 24.0 Å². The van der Waals surface area contributed by atoms with Gasteiger partial charge in [0, 0.05) is 26.2 Å². The molecule has 0 aromatic carbocycles. The van der Waals surface area contributed by atoms with Crippen LogP contribution in [0.15, 0.2) is 4.99 Å². The van der Waals surface area contributed by atoms with Crippen LogP contribution in [0.1, 0.15) is 40.0 Å². The number of halogens is 1. The molecule has 21 heavy (non-hydrogen) atoms. The molecule has 0 spiro atoms. The van der Waals surface area contributed by atoms with Gasteiger partial charge in [-0.25, -0.2) is 8.42 Å². The minimum absolute atomic E-state index is 0. The first-order valence-electron chi connectivity index (χ1n) is 7.61. The Labute approximate surface area is 145 Å². The molecule has 2 rings (SSSR count). The second-order valence-corrected chi connectivity index (χ2v) is 9.23. The summed E-state index contributed by atoms with van der Waals surface area (Å²) in [5.41, 5.74) is 0. The molecule has 0 radical (unpaired) electrons. The van der Waals surface area contributed by atoms with Crippen molar-refractivity contribution >= 4 is 39.8 Å². The Balaban J connectivity index is 0.00000220. The molecule has 0 bridgehead atoms. The third kappa shape index (κ3) is 4.46. The predicted octanol–water partition coefficient (Wildman–Crippen LogP) is 1.88. The Kier molecular flexibility index (Phi) is 6.77. The van der Waals surface area contributed by atoms with Crippen molar-refractivity contribution in [1.82, 2.24) is 10.2 Å². The standard InChI is InChI=1S/C14H27N3O2S.HI/c1-4-15-13(16-10-12-6-5-7-12)17-8-9-20(18,19)14(2,3)11-17;/h12H,4-11H2,1-3H3,(H,15,16);1H. The van der Waals surface area contributed by atoms with E-state index in [0.717, 1.165) is 25.0 Å². The third-order valence-electron chi connectivity index (χ3n) is 4.40. The summed E-state index contributed by atoms with van der Waals surface area (Å²) >= 11 is 0. The maximum absolute atomic E-state index is 12.1. The Morgan fingerprint density at radius 1 is 1.38 bits per heavy atom. The van der Waals surface area contributed by atoms with Crippen LogP contribution in [0, 0.1) is 5.92 Å². The van der Waals surface area contributed by atoms with Crippen molar-refractivity contribution in [2.75, 3.05) is 31.9 Å². The Hall–Kier alpha value is -0.0500. The SMILES string of the molecule is CCNC(=NCC1CCC1)N1CCS(=O)(=O)C(C)(C)C1.I. The zero-order valence-electron chi connectivity index (χ0n) is 13.3. The molecule has 1 aliphatic heterocycles. The first kappa shape index (κ1) is 19.0. The third-order valence-corrected chi connectivity index (χ3v) is 6.93. The van der Waals surface area contributed by atoms with Gasteiger partial charge in [0.25, 0.3) is 0 Å². The van der Waals surface area contributed by atoms with Crippen LogP contribution in [-0.4, -0.2) is 56.0 Å². The summed E-state index contributed by atoms with van der Waals surface area (Å²) in [4.78, 5) is 6.81. The largest absolute Gasteiger partial charge is 0.357 e. The highest BCUT2D eigenvalue weighted by molar-refractivity contribution is 14.0. The van der Waals surface area contributed by atoms with E-state index in [2.05, 4.69) is 10.2 Å². The average molecular weight is 429 g/mol. The molecule has 1 saturated carbocycles. The smallest absolute Gasteiger partial charge is 0.194 e. The zero-order chi connectivity index (χ0) is 14.8. The van der Waals surface area contributed by atoms with Crippen LogP contribution in [0.2, 0.25) is 0 Å². The van der Waals surface area contributed by atoms with Gasteiger partial charge in [0.1, 0.15) is 0 Å². The summed E-state index contributed by atoms with van der Waals surface area (Å²) in [7, 11) is -2.99. The van der Waals surface area contributed by atoms with Crippen molar-refractivity contribution in [1.29, 1.82) is 0 Å². The number of hydrogen-bond acceptors (Lipinski definition) is 3. The van der Waals surface area contributed by atoms with Crippen LogP contribution in [0.25, 0.3) is 0 Å². The molecule has 0 aromatic heterocycles. The van der Waals surface area contributed by atoms with E-state index in [0.29, 0.717) is 13.1 Å². The first-order valence-corrected chi connectivity index (χ1v) is 9.26. The summed E-state index contributed by atoms with van der Waals surface area (Å²) < 4.78 is 23.4. The molecule has 0 unspecified atom stereocenters. The van der Waals surface area contributed by atoms with Gasteiger partial charge in [0.2, 0.25) is 0 Å². The van der Waals surface area contributed by atoms with Crippen LogP contribution in [0.4, 0.5) is 0 Å². The van der Waals surface area contributed by atoms with Gasteiger partial charge < -0.3 is 10.2 Å². The molecule has 1 aliphatic carbocycles. The number of nitrogens with zero attached hydrogens (tertiary/aromatic N) is 2. The van der Waals surface area contributed by atoms with Crippen LogP contribution in [-0.2, 0) is 9.84 Å². The van der Waals surface area contributed by atoms with Gasteiger partial charge in [-0.2, -0.15) is 0 Å². The molecule has 2 fully saturated rings. The number of guanidine groups is 1. The van der Waals surface area contributed by atoms with E-state index >= 15 is 0 Å². The van der Waals surface area contributed by atoms with Crippen LogP contribution in [0.5, 0.6) is 0 Å². The van der Waals surface area contributed by atoms with Gasteiger partial charge in [0.05, 0.1) is 10.5 Å². The average Bonchev–Trinajstić information content (AvgIpc) is 2.30. The molecule has 124 valence electrons. The van der Waals surface area contributed by atoms with Crippen molar-refractivity contribution < 1.29 is 8.42 Å². The molecule has 1 N–H and O–H groups in total. The highest BCUT2D eigenvalue weighted by atomic mass is 127. The van der Waals surface area contributed by atoms with Gasteiger partial charge in [-0.1, -0.05) is 6.42 Å². The number of sulfone groups is 1. The minimum Gasteiger partial charge on any atom is -0.357 e. The van der Waals surface area contributed by atoms with Crippen molar-refractivity contribution in [2.24, 2.45) is 10.9 Å². The molecule has 0 atom stereocenters. The van der Waals surface area contributed by atoms with E-state index in [4.69, 9.17) is 4.99 Å². The fourth-order valence-corrected chi connectivity index (χ4v) is 4.01. The van der Waals surface area contributed by atoms with Crippen molar-refractivity contribution in [3.8, 4) is 0 Å². The maximum atomic E-state index is 12.1. The van der Waals surface area contributed by atoms with Crippen molar-refractivity contribution in [2.45, 2.75) is 44.8 Å². The maximum Gasteiger partial charge on any atom is 0.194 e. The molecule has 0 aromatic rings. The van der Waals surface area contributed by atoms with Crippen molar-refractivity contribution in [3.63, 3.8) is 0 Å². The molecular formula is C14H28IN3O2S. The second kappa shape index (κ2) is 7.48. The van der Waals surface area contributed by atoms with Gasteiger partial charge in [-0.3, -0.25) is 4.99 Å². The minimum atomic E-state index is -2.99. The topological polar surface area (TPSA) is 61.8 Å². The molecule has 1 saturated heterocycles. The highest BCUT2D eigenvalue weighted by Crippen LogP contribution is 2.27. The Morgan fingerprint density at radius 3 is 2.52 bits per heavy atom. The first-order chi connectivity index (χ1) is 9.36. The number of aliphatic imine (C=N–C) groups is 1. The van der Waals surface area contributed by atoms with E-state index in [1.807, 2.05) is 20.8 Å². The molecule has 0 amide bonds. The van der Waals surface area contributed by atoms with Gasteiger partial charge in [0.15, 0.2) is 15.8 Å². The van der Waals surface area contributed by atoms with Gasteiger partial charge >= 0.3 is 0 Å². The summed E-state index contributed by atoms with van der Waals surface area (Å²) in [6.07, 6.45) is 3.89. The lowest BCUT2D eigenvalue weighted by Gasteiger charge is -2.39. The highest BCUT2D eigenvalue weighted by Gasteiger charge is 2.41. The summed E-state index contributed by atoms with van der Waals surface area (Å²) in [6.45, 7) is 8.41. The number of hydrogen-bond donors (Lipinski definition) is 1. The summed E-state index contributed by atoms with van der Waals surface area (Å²) in [5, 5.41) is 3.30. The van der Waals surface area contributed by atoms with Crippen LogP contribution < -0.4 is 5.32 Å². The van der Waals surface area contributed by atoms with E-state index < -0.39 is 14.6 Å². The van der Waals surface area contributed by atoms with Gasteiger partial charge in [-0.15, -0.1) is 24.0 Å². The fourth-order valence-electron chi connectivity index (χ4n) is 2.64. The number of rotatable bonds is 3. The summed E-state index contributed by atoms with van der Waals surface area (Å²) in [5.74, 6) is 1.82. The van der Waals surface area contributed by atoms with E-state index in [-0.39, 0.29) is 29.7 Å². The normalized spacial score (nSPS) is 24.9.